The van der Waals surface area contributed by atoms with Crippen molar-refractivity contribution in [2.45, 2.75) is 62.4 Å². The summed E-state index contributed by atoms with van der Waals surface area (Å²) in [4.78, 5) is 24.6. The Morgan fingerprint density at radius 1 is 1.12 bits per heavy atom. The molecule has 1 aliphatic carbocycles. The van der Waals surface area contributed by atoms with E-state index in [0.29, 0.717) is 31.2 Å². The summed E-state index contributed by atoms with van der Waals surface area (Å²) >= 11 is 0. The van der Waals surface area contributed by atoms with E-state index >= 15 is 0 Å². The standard InChI is InChI=1S/C21H33N5O5S/c1-15-3-5-17(6-4-15)24-32(30,31)18-7-8-19(20(13-18)26(28)29)23-16-9-11-25(12-10-16)14-21(27)22-2/h7-8,13,15-17,23-24H,3-6,9-12,14H2,1-2H3,(H,22,27). The number of hydrogen-bond acceptors (Lipinski definition) is 7. The SMILES string of the molecule is CNC(=O)CN1CCC(Nc2ccc(S(=O)(=O)NC3CCC(C)CC3)cc2[N+](=O)[O-])CC1. The summed E-state index contributed by atoms with van der Waals surface area (Å²) in [6.45, 7) is 3.90. The number of nitro groups is 1. The van der Waals surface area contributed by atoms with Gasteiger partial charge in [0.05, 0.1) is 16.4 Å². The molecule has 178 valence electrons. The molecule has 11 heteroatoms. The Labute approximate surface area is 189 Å². The van der Waals surface area contributed by atoms with Gasteiger partial charge in [0.2, 0.25) is 15.9 Å². The van der Waals surface area contributed by atoms with E-state index in [1.807, 2.05) is 4.90 Å². The number of nitrogens with one attached hydrogen (secondary N) is 3. The van der Waals surface area contributed by atoms with E-state index in [4.69, 9.17) is 0 Å². The maximum absolute atomic E-state index is 12.8. The van der Waals surface area contributed by atoms with Crippen molar-refractivity contribution in [3.63, 3.8) is 0 Å². The highest BCUT2D eigenvalue weighted by Gasteiger charge is 2.28. The summed E-state index contributed by atoms with van der Waals surface area (Å²) in [6, 6.07) is 3.92. The van der Waals surface area contributed by atoms with Crippen molar-refractivity contribution in [1.29, 1.82) is 0 Å². The van der Waals surface area contributed by atoms with Gasteiger partial charge in [0.15, 0.2) is 0 Å². The van der Waals surface area contributed by atoms with Crippen LogP contribution in [0, 0.1) is 16.0 Å². The molecule has 1 saturated carbocycles. The number of likely N-dealkylation sites (N-methyl/N-ethyl adjacent to an activating group) is 1. The third-order valence-electron chi connectivity index (χ3n) is 6.41. The largest absolute Gasteiger partial charge is 0.377 e. The summed E-state index contributed by atoms with van der Waals surface area (Å²) in [6.07, 6.45) is 4.96. The van der Waals surface area contributed by atoms with Gasteiger partial charge in [-0.25, -0.2) is 13.1 Å². The lowest BCUT2D eigenvalue weighted by Gasteiger charge is -2.32. The smallest absolute Gasteiger partial charge is 0.293 e. The van der Waals surface area contributed by atoms with Crippen LogP contribution >= 0.6 is 0 Å². The third kappa shape index (κ3) is 6.39. The minimum atomic E-state index is -3.83. The summed E-state index contributed by atoms with van der Waals surface area (Å²) in [7, 11) is -2.23. The molecule has 3 N–H and O–H groups in total. The van der Waals surface area contributed by atoms with Crippen molar-refractivity contribution < 1.29 is 18.1 Å². The molecular formula is C21H33N5O5S. The molecule has 3 rings (SSSR count). The molecule has 1 aromatic carbocycles. The molecule has 32 heavy (non-hydrogen) atoms. The highest BCUT2D eigenvalue weighted by atomic mass is 32.2. The Morgan fingerprint density at radius 2 is 1.78 bits per heavy atom. The second kappa shape index (κ2) is 10.6. The van der Waals surface area contributed by atoms with Crippen molar-refractivity contribution in [2.75, 3.05) is 32.0 Å². The molecule has 0 spiro atoms. The molecule has 1 saturated heterocycles. The van der Waals surface area contributed by atoms with Crippen molar-refractivity contribution in [1.82, 2.24) is 14.9 Å². The zero-order valence-corrected chi connectivity index (χ0v) is 19.5. The minimum Gasteiger partial charge on any atom is -0.377 e. The van der Waals surface area contributed by atoms with Crippen LogP contribution in [0.3, 0.4) is 0 Å². The average Bonchev–Trinajstić information content (AvgIpc) is 2.76. The van der Waals surface area contributed by atoms with Crippen LogP contribution in [0.4, 0.5) is 11.4 Å². The summed E-state index contributed by atoms with van der Waals surface area (Å²) in [5.74, 6) is 0.554. The number of nitro benzene ring substituents is 1. The van der Waals surface area contributed by atoms with Crippen molar-refractivity contribution in [3.05, 3.63) is 28.3 Å². The van der Waals surface area contributed by atoms with Crippen LogP contribution in [0.15, 0.2) is 23.1 Å². The van der Waals surface area contributed by atoms with Gasteiger partial charge in [0.1, 0.15) is 5.69 Å². The molecular weight excluding hydrogens is 434 g/mol. The molecule has 0 unspecified atom stereocenters. The molecule has 0 aromatic heterocycles. The average molecular weight is 468 g/mol. The Bertz CT molecular complexity index is 923. The lowest BCUT2D eigenvalue weighted by molar-refractivity contribution is -0.384. The Kier molecular flexibility index (Phi) is 8.07. The zero-order valence-electron chi connectivity index (χ0n) is 18.7. The van der Waals surface area contributed by atoms with Crippen LogP contribution in [0.2, 0.25) is 0 Å². The van der Waals surface area contributed by atoms with Crippen molar-refractivity contribution in [2.24, 2.45) is 5.92 Å². The second-order valence-electron chi connectivity index (χ2n) is 8.88. The maximum Gasteiger partial charge on any atom is 0.293 e. The van der Waals surface area contributed by atoms with E-state index < -0.39 is 14.9 Å². The zero-order chi connectivity index (χ0) is 23.3. The van der Waals surface area contributed by atoms with Crippen LogP contribution in [0.25, 0.3) is 0 Å². The number of hydrogen-bond donors (Lipinski definition) is 3. The van der Waals surface area contributed by atoms with Gasteiger partial charge in [-0.1, -0.05) is 6.92 Å². The Hall–Kier alpha value is -2.24. The number of anilines is 1. The normalized spacial score (nSPS) is 22.9. The number of carbonyl (C=O) groups excluding carboxylic acids is 1. The molecule has 0 atom stereocenters. The lowest BCUT2D eigenvalue weighted by atomic mass is 9.88. The van der Waals surface area contributed by atoms with Gasteiger partial charge in [0.25, 0.3) is 5.69 Å². The third-order valence-corrected chi connectivity index (χ3v) is 7.93. The first-order valence-corrected chi connectivity index (χ1v) is 12.7. The molecule has 10 nitrogen and oxygen atoms in total. The minimum absolute atomic E-state index is 0.0134. The molecule has 1 amide bonds. The predicted octanol–water partition coefficient (Wildman–Crippen LogP) is 2.07. The number of nitrogens with zero attached hydrogens (tertiary/aromatic N) is 2. The summed E-state index contributed by atoms with van der Waals surface area (Å²) in [5, 5.41) is 17.5. The summed E-state index contributed by atoms with van der Waals surface area (Å²) < 4.78 is 28.3. The van der Waals surface area contributed by atoms with Gasteiger partial charge in [-0.3, -0.25) is 19.8 Å². The van der Waals surface area contributed by atoms with Crippen LogP contribution in [-0.2, 0) is 14.8 Å². The first kappa shape index (κ1) is 24.4. The molecule has 0 radical (unpaired) electrons. The molecule has 2 fully saturated rings. The number of likely N-dealkylation sites (tertiary alicyclic amines) is 1. The maximum atomic E-state index is 12.8. The number of sulfonamides is 1. The fourth-order valence-electron chi connectivity index (χ4n) is 4.35. The van der Waals surface area contributed by atoms with E-state index in [1.165, 1.54) is 12.1 Å². The van der Waals surface area contributed by atoms with Gasteiger partial charge in [0, 0.05) is 38.3 Å². The van der Waals surface area contributed by atoms with Crippen LogP contribution in [0.1, 0.15) is 45.4 Å². The monoisotopic (exact) mass is 467 g/mol. The Morgan fingerprint density at radius 3 is 2.38 bits per heavy atom. The van der Waals surface area contributed by atoms with E-state index in [2.05, 4.69) is 22.3 Å². The second-order valence-corrected chi connectivity index (χ2v) is 10.6. The van der Waals surface area contributed by atoms with Gasteiger partial charge < -0.3 is 10.6 Å². The first-order chi connectivity index (χ1) is 15.2. The highest BCUT2D eigenvalue weighted by molar-refractivity contribution is 7.89. The molecule has 0 bridgehead atoms. The number of benzene rings is 1. The number of carbonyl (C=O) groups is 1. The fraction of sp³-hybridized carbons (Fsp3) is 0.667. The van der Waals surface area contributed by atoms with Crippen molar-refractivity contribution >= 4 is 27.3 Å². The molecule has 1 aromatic rings. The van der Waals surface area contributed by atoms with Gasteiger partial charge in [-0.2, -0.15) is 0 Å². The van der Waals surface area contributed by atoms with Crippen LogP contribution in [0.5, 0.6) is 0 Å². The number of amides is 1. The van der Waals surface area contributed by atoms with Gasteiger partial charge in [-0.15, -0.1) is 0 Å². The first-order valence-electron chi connectivity index (χ1n) is 11.2. The topological polar surface area (TPSA) is 134 Å². The van der Waals surface area contributed by atoms with E-state index in [-0.39, 0.29) is 28.6 Å². The van der Waals surface area contributed by atoms with E-state index in [1.54, 1.807) is 7.05 Å². The Balaban J connectivity index is 1.66. The number of rotatable bonds is 8. The predicted molar refractivity (Wildman–Crippen MR) is 122 cm³/mol. The molecule has 1 heterocycles. The van der Waals surface area contributed by atoms with Crippen LogP contribution < -0.4 is 15.4 Å². The van der Waals surface area contributed by atoms with E-state index in [0.717, 1.165) is 44.6 Å². The highest BCUT2D eigenvalue weighted by Crippen LogP contribution is 2.30. The molecule has 2 aliphatic rings. The lowest BCUT2D eigenvalue weighted by Crippen LogP contribution is -2.43. The van der Waals surface area contributed by atoms with Crippen molar-refractivity contribution in [3.8, 4) is 0 Å². The number of piperidine rings is 1. The quantitative estimate of drug-likeness (QED) is 0.394. The van der Waals surface area contributed by atoms with Gasteiger partial charge in [-0.05, 0) is 56.6 Å². The molecule has 1 aliphatic heterocycles. The van der Waals surface area contributed by atoms with Crippen LogP contribution in [-0.4, -0.2) is 62.9 Å². The van der Waals surface area contributed by atoms with E-state index in [9.17, 15) is 23.3 Å². The summed E-state index contributed by atoms with van der Waals surface area (Å²) in [5.41, 5.74) is 0.0584. The fourth-order valence-corrected chi connectivity index (χ4v) is 5.68. The van der Waals surface area contributed by atoms with Gasteiger partial charge >= 0.3 is 0 Å².